The maximum atomic E-state index is 14.2. The summed E-state index contributed by atoms with van der Waals surface area (Å²) in [4.78, 5) is 19.4. The average Bonchev–Trinajstić information content (AvgIpc) is 2.97. The largest absolute Gasteiger partial charge is 0.492 e. The Morgan fingerprint density at radius 2 is 1.97 bits per heavy atom. The number of hydrogen-bond donors (Lipinski definition) is 0. The molecule has 0 spiro atoms. The van der Waals surface area contributed by atoms with Gasteiger partial charge in [0.15, 0.2) is 5.43 Å². The topological polar surface area (TPSA) is 51.8 Å². The summed E-state index contributed by atoms with van der Waals surface area (Å²) in [7, 11) is 0. The quantitative estimate of drug-likeness (QED) is 0.320. The van der Waals surface area contributed by atoms with Crippen LogP contribution in [0.25, 0.3) is 11.0 Å². The van der Waals surface area contributed by atoms with Crippen molar-refractivity contribution in [3.05, 3.63) is 99.1 Å². The van der Waals surface area contributed by atoms with Gasteiger partial charge in [0, 0.05) is 21.0 Å². The zero-order valence-electron chi connectivity index (χ0n) is 16.5. The SMILES string of the molecule is O=c1c(C2Sc3ccccc3N=C3c4cc(F)ccc4OCC32)coc2ccc(Cl)cc12. The number of fused-ring (bicyclic) bond motifs is 5. The van der Waals surface area contributed by atoms with Crippen molar-refractivity contribution in [3.63, 3.8) is 0 Å². The Labute approximate surface area is 191 Å². The molecular weight excluding hydrogens is 449 g/mol. The van der Waals surface area contributed by atoms with Crippen LogP contribution in [0.5, 0.6) is 5.75 Å². The summed E-state index contributed by atoms with van der Waals surface area (Å²) in [5, 5.41) is 0.553. The van der Waals surface area contributed by atoms with E-state index in [9.17, 15) is 9.18 Å². The Hall–Kier alpha value is -3.09. The normalized spacial score (nSPS) is 19.2. The monoisotopic (exact) mass is 463 g/mol. The maximum absolute atomic E-state index is 14.2. The summed E-state index contributed by atoms with van der Waals surface area (Å²) in [5.41, 5.74) is 2.93. The van der Waals surface area contributed by atoms with Crippen LogP contribution in [0.15, 0.2) is 86.0 Å². The van der Waals surface area contributed by atoms with Gasteiger partial charge in [0.25, 0.3) is 0 Å². The van der Waals surface area contributed by atoms with Crippen LogP contribution in [0.2, 0.25) is 5.02 Å². The van der Waals surface area contributed by atoms with Crippen LogP contribution in [0.3, 0.4) is 0 Å². The first kappa shape index (κ1) is 19.6. The van der Waals surface area contributed by atoms with Crippen LogP contribution in [0.4, 0.5) is 10.1 Å². The smallest absolute Gasteiger partial charge is 0.197 e. The van der Waals surface area contributed by atoms with Crippen molar-refractivity contribution in [2.75, 3.05) is 6.61 Å². The lowest BCUT2D eigenvalue weighted by Crippen LogP contribution is -2.33. The summed E-state index contributed by atoms with van der Waals surface area (Å²) in [6, 6.07) is 17.2. The number of hydrogen-bond acceptors (Lipinski definition) is 5. The molecule has 0 bridgehead atoms. The van der Waals surface area contributed by atoms with Gasteiger partial charge in [-0.25, -0.2) is 4.39 Å². The molecule has 0 saturated heterocycles. The molecule has 2 atom stereocenters. The van der Waals surface area contributed by atoms with Crippen molar-refractivity contribution in [1.29, 1.82) is 0 Å². The van der Waals surface area contributed by atoms with Gasteiger partial charge in [0.2, 0.25) is 0 Å². The van der Waals surface area contributed by atoms with Crippen molar-refractivity contribution in [2.24, 2.45) is 10.9 Å². The Kier molecular flexibility index (Phi) is 4.59. The molecule has 158 valence electrons. The van der Waals surface area contributed by atoms with Gasteiger partial charge >= 0.3 is 0 Å². The van der Waals surface area contributed by atoms with Gasteiger partial charge in [0.1, 0.15) is 17.1 Å². The molecule has 0 aliphatic carbocycles. The highest BCUT2D eigenvalue weighted by atomic mass is 35.5. The van der Waals surface area contributed by atoms with Crippen LogP contribution < -0.4 is 10.2 Å². The first-order valence-electron chi connectivity index (χ1n) is 10.1. The molecule has 0 fully saturated rings. The van der Waals surface area contributed by atoms with Gasteiger partial charge < -0.3 is 9.15 Å². The molecule has 0 radical (unpaired) electrons. The molecule has 1 aromatic heterocycles. The van der Waals surface area contributed by atoms with E-state index in [4.69, 9.17) is 25.7 Å². The highest BCUT2D eigenvalue weighted by Gasteiger charge is 2.39. The van der Waals surface area contributed by atoms with E-state index in [1.807, 2.05) is 24.3 Å². The fourth-order valence-electron chi connectivity index (χ4n) is 4.25. The molecule has 4 nitrogen and oxygen atoms in total. The minimum atomic E-state index is -0.364. The molecule has 2 aliphatic heterocycles. The number of thioether (sulfide) groups is 1. The fraction of sp³-hybridized carbons (Fsp3) is 0.120. The first-order valence-corrected chi connectivity index (χ1v) is 11.3. The molecule has 4 aromatic rings. The first-order chi connectivity index (χ1) is 15.6. The minimum absolute atomic E-state index is 0.143. The average molecular weight is 464 g/mol. The molecule has 7 heteroatoms. The van der Waals surface area contributed by atoms with E-state index in [0.29, 0.717) is 45.2 Å². The van der Waals surface area contributed by atoms with E-state index in [2.05, 4.69) is 0 Å². The van der Waals surface area contributed by atoms with Gasteiger partial charge in [-0.05, 0) is 48.5 Å². The van der Waals surface area contributed by atoms with E-state index in [1.165, 1.54) is 18.4 Å². The Bertz CT molecular complexity index is 1480. The molecule has 0 saturated carbocycles. The second kappa shape index (κ2) is 7.50. The second-order valence-corrected chi connectivity index (χ2v) is 9.34. The van der Waals surface area contributed by atoms with E-state index < -0.39 is 0 Å². The molecule has 2 unspecified atom stereocenters. The summed E-state index contributed by atoms with van der Waals surface area (Å²) in [6.07, 6.45) is 1.52. The Morgan fingerprint density at radius 3 is 2.88 bits per heavy atom. The van der Waals surface area contributed by atoms with Crippen molar-refractivity contribution in [1.82, 2.24) is 0 Å². The Morgan fingerprint density at radius 1 is 1.09 bits per heavy atom. The van der Waals surface area contributed by atoms with Crippen LogP contribution in [0, 0.1) is 11.7 Å². The zero-order valence-corrected chi connectivity index (χ0v) is 18.1. The van der Waals surface area contributed by atoms with Crippen LogP contribution in [-0.4, -0.2) is 12.3 Å². The van der Waals surface area contributed by atoms with E-state index >= 15 is 0 Å². The van der Waals surface area contributed by atoms with Crippen LogP contribution in [0.1, 0.15) is 16.4 Å². The molecule has 2 aliphatic rings. The standard InChI is InChI=1S/C25H15ClFNO3S/c26-13-5-7-21-16(9-13)24(29)18(12-31-21)25-17-11-30-20-8-6-14(27)10-15(20)23(17)28-19-3-1-2-4-22(19)32-25/h1-10,12,17,25H,11H2. The van der Waals surface area contributed by atoms with E-state index in [-0.39, 0.29) is 22.4 Å². The lowest BCUT2D eigenvalue weighted by atomic mass is 9.88. The molecule has 6 rings (SSSR count). The third-order valence-corrected chi connectivity index (χ3v) is 7.45. The van der Waals surface area contributed by atoms with Crippen molar-refractivity contribution < 1.29 is 13.5 Å². The third-order valence-electron chi connectivity index (χ3n) is 5.78. The van der Waals surface area contributed by atoms with Gasteiger partial charge in [0.05, 0.1) is 40.8 Å². The van der Waals surface area contributed by atoms with Crippen molar-refractivity contribution >= 4 is 45.7 Å². The summed E-state index contributed by atoms with van der Waals surface area (Å²) < 4.78 is 26.0. The van der Waals surface area contributed by atoms with Gasteiger partial charge in [-0.3, -0.25) is 9.79 Å². The number of ether oxygens (including phenoxy) is 1. The minimum Gasteiger partial charge on any atom is -0.492 e. The fourth-order valence-corrected chi connectivity index (χ4v) is 5.75. The van der Waals surface area contributed by atoms with E-state index in [0.717, 1.165) is 10.6 Å². The second-order valence-electron chi connectivity index (χ2n) is 7.72. The maximum Gasteiger partial charge on any atom is 0.197 e. The predicted molar refractivity (Wildman–Crippen MR) is 124 cm³/mol. The number of halogens is 2. The van der Waals surface area contributed by atoms with Gasteiger partial charge in [-0.1, -0.05) is 23.7 Å². The molecule has 0 N–H and O–H groups in total. The summed E-state index contributed by atoms with van der Waals surface area (Å²) in [6.45, 7) is 0.316. The number of rotatable bonds is 1. The van der Waals surface area contributed by atoms with E-state index in [1.54, 1.807) is 36.0 Å². The zero-order chi connectivity index (χ0) is 21.8. The Balaban J connectivity index is 1.59. The van der Waals surface area contributed by atoms with Crippen LogP contribution in [-0.2, 0) is 0 Å². The molecule has 0 amide bonds. The van der Waals surface area contributed by atoms with Gasteiger partial charge in [-0.2, -0.15) is 0 Å². The van der Waals surface area contributed by atoms with Crippen molar-refractivity contribution in [3.8, 4) is 5.75 Å². The number of aliphatic imine (C=N–C) groups is 1. The highest BCUT2D eigenvalue weighted by molar-refractivity contribution is 7.99. The predicted octanol–water partition coefficient (Wildman–Crippen LogP) is 6.56. The number of para-hydroxylation sites is 1. The number of nitrogens with zero attached hydrogens (tertiary/aromatic N) is 1. The molecule has 32 heavy (non-hydrogen) atoms. The molecule has 3 aromatic carbocycles. The highest BCUT2D eigenvalue weighted by Crippen LogP contribution is 2.49. The summed E-state index contributed by atoms with van der Waals surface area (Å²) >= 11 is 7.68. The summed E-state index contributed by atoms with van der Waals surface area (Å²) in [5.74, 6) is -0.0552. The molecule has 3 heterocycles. The lowest BCUT2D eigenvalue weighted by molar-refractivity contribution is 0.270. The lowest BCUT2D eigenvalue weighted by Gasteiger charge is -2.31. The van der Waals surface area contributed by atoms with Crippen molar-refractivity contribution in [2.45, 2.75) is 10.1 Å². The number of benzene rings is 3. The van der Waals surface area contributed by atoms with Crippen LogP contribution >= 0.6 is 23.4 Å². The van der Waals surface area contributed by atoms with Gasteiger partial charge in [-0.15, -0.1) is 11.8 Å². The molecular formula is C25H15ClFNO3S. The third kappa shape index (κ3) is 3.14.